The molecule has 8 heteroatoms. The number of hydrogen-bond donors (Lipinski definition) is 1. The van der Waals surface area contributed by atoms with E-state index in [9.17, 15) is 9.59 Å². The number of pyridine rings is 1. The monoisotopic (exact) mass is 473 g/mol. The minimum absolute atomic E-state index is 0.0386. The lowest BCUT2D eigenvalue weighted by atomic mass is 10.1. The molecular weight excluding hydrogens is 446 g/mol. The smallest absolute Gasteiger partial charge is 0.256 e. The van der Waals surface area contributed by atoms with Gasteiger partial charge < -0.3 is 10.2 Å². The van der Waals surface area contributed by atoms with E-state index in [2.05, 4.69) is 10.4 Å². The van der Waals surface area contributed by atoms with Crippen molar-refractivity contribution in [3.8, 4) is 10.6 Å². The predicted octanol–water partition coefficient (Wildman–Crippen LogP) is 5.54. The van der Waals surface area contributed by atoms with Gasteiger partial charge in [0, 0.05) is 19.1 Å². The maximum atomic E-state index is 13.7. The summed E-state index contributed by atoms with van der Waals surface area (Å²) in [5.41, 5.74) is 3.82. The number of carbonyl (C=O) groups is 2. The van der Waals surface area contributed by atoms with Crippen LogP contribution in [0.5, 0.6) is 0 Å². The fourth-order valence-electron chi connectivity index (χ4n) is 4.42. The number of carbonyl (C=O) groups excluding carboxylic acids is 2. The van der Waals surface area contributed by atoms with Crippen LogP contribution >= 0.6 is 11.3 Å². The van der Waals surface area contributed by atoms with Crippen LogP contribution in [0.2, 0.25) is 0 Å². The first-order chi connectivity index (χ1) is 16.4. The number of thiophene rings is 1. The van der Waals surface area contributed by atoms with Crippen molar-refractivity contribution in [3.63, 3.8) is 0 Å². The van der Waals surface area contributed by atoms with Crippen molar-refractivity contribution in [3.05, 3.63) is 64.7 Å². The zero-order valence-electron chi connectivity index (χ0n) is 19.5. The zero-order valence-corrected chi connectivity index (χ0v) is 20.4. The average molecular weight is 474 g/mol. The fourth-order valence-corrected chi connectivity index (χ4v) is 5.10. The van der Waals surface area contributed by atoms with Gasteiger partial charge in [-0.15, -0.1) is 11.3 Å². The first-order valence-electron chi connectivity index (χ1n) is 11.6. The Hall–Kier alpha value is -3.52. The van der Waals surface area contributed by atoms with Gasteiger partial charge in [-0.1, -0.05) is 18.2 Å². The molecule has 4 aromatic rings. The van der Waals surface area contributed by atoms with E-state index in [1.165, 1.54) is 0 Å². The third-order valence-electron chi connectivity index (χ3n) is 6.21. The van der Waals surface area contributed by atoms with E-state index in [0.29, 0.717) is 27.8 Å². The highest BCUT2D eigenvalue weighted by atomic mass is 32.1. The van der Waals surface area contributed by atoms with Gasteiger partial charge in [0.25, 0.3) is 11.8 Å². The summed E-state index contributed by atoms with van der Waals surface area (Å²) in [5.74, 6) is -0.318. The van der Waals surface area contributed by atoms with Gasteiger partial charge in [0.1, 0.15) is 0 Å². The lowest BCUT2D eigenvalue weighted by Gasteiger charge is -2.19. The molecule has 3 aromatic heterocycles. The second-order valence-corrected chi connectivity index (χ2v) is 9.85. The van der Waals surface area contributed by atoms with Crippen molar-refractivity contribution >= 4 is 39.9 Å². The third-order valence-corrected chi connectivity index (χ3v) is 7.10. The number of hydrogen-bond acceptors (Lipinski definition) is 5. The van der Waals surface area contributed by atoms with E-state index < -0.39 is 0 Å². The lowest BCUT2D eigenvalue weighted by Crippen LogP contribution is -2.29. The van der Waals surface area contributed by atoms with Crippen molar-refractivity contribution in [2.24, 2.45) is 0 Å². The highest BCUT2D eigenvalue weighted by Crippen LogP contribution is 2.30. The van der Waals surface area contributed by atoms with Crippen LogP contribution in [0.15, 0.2) is 48.0 Å². The van der Waals surface area contributed by atoms with Crippen molar-refractivity contribution in [1.82, 2.24) is 19.7 Å². The predicted molar refractivity (Wildman–Crippen MR) is 135 cm³/mol. The Morgan fingerprint density at radius 2 is 1.88 bits per heavy atom. The minimum Gasteiger partial charge on any atom is -0.339 e. The summed E-state index contributed by atoms with van der Waals surface area (Å²) in [6.07, 6.45) is 3.72. The molecule has 0 spiro atoms. The topological polar surface area (TPSA) is 80.1 Å². The molecule has 174 valence electrons. The van der Waals surface area contributed by atoms with Crippen molar-refractivity contribution in [2.75, 3.05) is 18.4 Å². The highest BCUT2D eigenvalue weighted by molar-refractivity contribution is 7.13. The van der Waals surface area contributed by atoms with E-state index >= 15 is 0 Å². The first kappa shape index (κ1) is 22.3. The Labute approximate surface area is 202 Å². The molecule has 7 nitrogen and oxygen atoms in total. The Balaban J connectivity index is 1.58. The Bertz CT molecular complexity index is 1370. The summed E-state index contributed by atoms with van der Waals surface area (Å²) in [6.45, 7) is 7.49. The molecular formula is C26H27N5O2S. The summed E-state index contributed by atoms with van der Waals surface area (Å²) in [5, 5.41) is 10.2. The van der Waals surface area contributed by atoms with Gasteiger partial charge in [0.15, 0.2) is 5.65 Å². The number of fused-ring (bicyclic) bond motifs is 1. The van der Waals surface area contributed by atoms with Crippen LogP contribution in [0, 0.1) is 6.92 Å². The molecule has 1 N–H and O–H groups in total. The number of nitrogens with one attached hydrogen (secondary N) is 1. The van der Waals surface area contributed by atoms with Crippen LogP contribution in [0.25, 0.3) is 21.6 Å². The molecule has 0 radical (unpaired) electrons. The van der Waals surface area contributed by atoms with E-state index in [0.717, 1.165) is 42.1 Å². The number of para-hydroxylation sites is 1. The van der Waals surface area contributed by atoms with E-state index in [4.69, 9.17) is 4.98 Å². The Morgan fingerprint density at radius 3 is 2.59 bits per heavy atom. The summed E-state index contributed by atoms with van der Waals surface area (Å²) >= 11 is 1.57. The number of rotatable bonds is 5. The molecule has 0 aliphatic carbocycles. The maximum absolute atomic E-state index is 13.7. The molecule has 5 rings (SSSR count). The van der Waals surface area contributed by atoms with Gasteiger partial charge >= 0.3 is 0 Å². The first-order valence-corrected chi connectivity index (χ1v) is 12.4. The number of anilines is 1. The second-order valence-electron chi connectivity index (χ2n) is 8.90. The quantitative estimate of drug-likeness (QED) is 0.413. The SMILES string of the molecule is Cc1cccc(C(=O)N2CCCC2)c1NC(=O)c1cc(-c2cccs2)nc2c1cnn2C(C)C. The zero-order chi connectivity index (χ0) is 23.8. The largest absolute Gasteiger partial charge is 0.339 e. The second kappa shape index (κ2) is 9.02. The van der Waals surface area contributed by atoms with Crippen LogP contribution in [-0.2, 0) is 0 Å². The van der Waals surface area contributed by atoms with Crippen LogP contribution < -0.4 is 5.32 Å². The van der Waals surface area contributed by atoms with Gasteiger partial charge in [-0.2, -0.15) is 5.10 Å². The Kier molecular flexibility index (Phi) is 5.91. The van der Waals surface area contributed by atoms with Gasteiger partial charge in [-0.05, 0) is 62.8 Å². The number of aromatic nitrogens is 3. The maximum Gasteiger partial charge on any atom is 0.256 e. The van der Waals surface area contributed by atoms with Crippen LogP contribution in [0.3, 0.4) is 0 Å². The van der Waals surface area contributed by atoms with E-state index in [1.807, 2.05) is 66.1 Å². The molecule has 0 bridgehead atoms. The van der Waals surface area contributed by atoms with Gasteiger partial charge in [0.2, 0.25) is 0 Å². The number of amides is 2. The molecule has 1 aliphatic heterocycles. The molecule has 1 aliphatic rings. The Morgan fingerprint density at radius 1 is 1.09 bits per heavy atom. The van der Waals surface area contributed by atoms with Crippen LogP contribution in [0.4, 0.5) is 5.69 Å². The molecule has 1 fully saturated rings. The van der Waals surface area contributed by atoms with Gasteiger partial charge in [-0.25, -0.2) is 9.67 Å². The standard InChI is InChI=1S/C26H27N5O2S/c1-16(2)31-24-20(15-27-31)19(14-21(28-24)22-10-7-13-34-22)25(32)29-23-17(3)8-6-9-18(23)26(33)30-11-4-5-12-30/h6-10,13-16H,4-5,11-12H2,1-3H3,(H,29,32). The summed E-state index contributed by atoms with van der Waals surface area (Å²) in [6, 6.07) is 11.4. The van der Waals surface area contributed by atoms with Crippen molar-refractivity contribution in [2.45, 2.75) is 39.7 Å². The van der Waals surface area contributed by atoms with Gasteiger partial charge in [-0.3, -0.25) is 9.59 Å². The molecule has 1 saturated heterocycles. The van der Waals surface area contributed by atoms with Crippen LogP contribution in [-0.4, -0.2) is 44.6 Å². The van der Waals surface area contributed by atoms with Gasteiger partial charge in [0.05, 0.1) is 39.0 Å². The average Bonchev–Trinajstić information content (AvgIpc) is 3.60. The van der Waals surface area contributed by atoms with Crippen LogP contribution in [0.1, 0.15) is 59.0 Å². The number of aryl methyl sites for hydroxylation is 1. The van der Waals surface area contributed by atoms with E-state index in [-0.39, 0.29) is 17.9 Å². The molecule has 0 atom stereocenters. The summed E-state index contributed by atoms with van der Waals surface area (Å²) in [7, 11) is 0. The van der Waals surface area contributed by atoms with Crippen molar-refractivity contribution in [1.29, 1.82) is 0 Å². The number of nitrogens with zero attached hydrogens (tertiary/aromatic N) is 4. The number of likely N-dealkylation sites (tertiary alicyclic amines) is 1. The normalized spacial score (nSPS) is 13.7. The number of benzene rings is 1. The molecule has 1 aromatic carbocycles. The highest BCUT2D eigenvalue weighted by Gasteiger charge is 2.25. The lowest BCUT2D eigenvalue weighted by molar-refractivity contribution is 0.0793. The summed E-state index contributed by atoms with van der Waals surface area (Å²) < 4.78 is 1.83. The third kappa shape index (κ3) is 3.98. The van der Waals surface area contributed by atoms with Crippen molar-refractivity contribution < 1.29 is 9.59 Å². The molecule has 0 saturated carbocycles. The molecule has 34 heavy (non-hydrogen) atoms. The summed E-state index contributed by atoms with van der Waals surface area (Å²) in [4.78, 5) is 34.5. The van der Waals surface area contributed by atoms with E-state index in [1.54, 1.807) is 23.6 Å². The molecule has 4 heterocycles. The molecule has 2 amide bonds. The minimum atomic E-state index is -0.279. The molecule has 0 unspecified atom stereocenters. The fraction of sp³-hybridized carbons (Fsp3) is 0.308.